The maximum Gasteiger partial charge on any atom is 0.243 e. The minimum absolute atomic E-state index is 0.0402. The molecule has 1 aromatic rings. The van der Waals surface area contributed by atoms with Crippen molar-refractivity contribution < 1.29 is 8.42 Å². The lowest BCUT2D eigenvalue weighted by Gasteiger charge is -2.30. The first-order valence-electron chi connectivity index (χ1n) is 7.30. The molecule has 0 radical (unpaired) electrons. The van der Waals surface area contributed by atoms with Gasteiger partial charge in [0.05, 0.1) is 5.02 Å². The zero-order chi connectivity index (χ0) is 15.3. The number of halogens is 1. The lowest BCUT2D eigenvalue weighted by molar-refractivity contribution is 0.191. The van der Waals surface area contributed by atoms with Gasteiger partial charge in [0.25, 0.3) is 0 Å². The van der Waals surface area contributed by atoms with Gasteiger partial charge in [-0.2, -0.15) is 0 Å². The Kier molecular flexibility index (Phi) is 5.98. The molecule has 0 aromatic carbocycles. The second-order valence-electron chi connectivity index (χ2n) is 5.58. The minimum atomic E-state index is -3.57. The first-order valence-corrected chi connectivity index (χ1v) is 9.16. The molecular formula is C14H22ClN3O2S. The van der Waals surface area contributed by atoms with Gasteiger partial charge < -0.3 is 4.90 Å². The molecule has 0 atom stereocenters. The quantitative estimate of drug-likeness (QED) is 0.811. The van der Waals surface area contributed by atoms with Crippen LogP contribution < -0.4 is 4.72 Å². The Bertz CT molecular complexity index is 557. The van der Waals surface area contributed by atoms with Gasteiger partial charge >= 0.3 is 0 Å². The molecule has 5 nitrogen and oxygen atoms in total. The highest BCUT2D eigenvalue weighted by Gasteiger charge is 2.18. The van der Waals surface area contributed by atoms with Gasteiger partial charge in [0, 0.05) is 18.9 Å². The highest BCUT2D eigenvalue weighted by atomic mass is 35.5. The molecule has 21 heavy (non-hydrogen) atoms. The van der Waals surface area contributed by atoms with E-state index in [0.717, 1.165) is 32.0 Å². The number of nitrogens with zero attached hydrogens (tertiary/aromatic N) is 2. The van der Waals surface area contributed by atoms with E-state index in [4.69, 9.17) is 11.6 Å². The molecule has 1 aromatic heterocycles. The molecule has 1 N–H and O–H groups in total. The van der Waals surface area contributed by atoms with Crippen LogP contribution in [-0.2, 0) is 10.0 Å². The molecule has 0 aliphatic carbocycles. The Morgan fingerprint density at radius 2 is 2.14 bits per heavy atom. The van der Waals surface area contributed by atoms with Crippen LogP contribution in [0.4, 0.5) is 0 Å². The summed E-state index contributed by atoms with van der Waals surface area (Å²) >= 11 is 5.89. The second kappa shape index (κ2) is 7.54. The van der Waals surface area contributed by atoms with Crippen molar-refractivity contribution >= 4 is 21.6 Å². The van der Waals surface area contributed by atoms with Crippen LogP contribution in [-0.4, -0.2) is 44.5 Å². The number of hydrogen-bond acceptors (Lipinski definition) is 4. The number of piperidine rings is 1. The molecule has 1 fully saturated rings. The third-order valence-corrected chi connectivity index (χ3v) is 5.77. The average Bonchev–Trinajstić information content (AvgIpc) is 2.46. The van der Waals surface area contributed by atoms with Crippen molar-refractivity contribution in [3.05, 3.63) is 23.5 Å². The van der Waals surface area contributed by atoms with Gasteiger partial charge in [-0.3, -0.25) is 4.98 Å². The van der Waals surface area contributed by atoms with Crippen molar-refractivity contribution in [2.24, 2.45) is 5.92 Å². The summed E-state index contributed by atoms with van der Waals surface area (Å²) in [4.78, 5) is 6.24. The summed E-state index contributed by atoms with van der Waals surface area (Å²) in [6, 6.07) is 1.48. The first-order chi connectivity index (χ1) is 9.99. The van der Waals surface area contributed by atoms with Gasteiger partial charge in [-0.15, -0.1) is 0 Å². The lowest BCUT2D eigenvalue weighted by atomic mass is 9.99. The Hall–Kier alpha value is -0.690. The van der Waals surface area contributed by atoms with Crippen molar-refractivity contribution in [1.82, 2.24) is 14.6 Å². The molecular weight excluding hydrogens is 310 g/mol. The summed E-state index contributed by atoms with van der Waals surface area (Å²) in [7, 11) is -3.57. The summed E-state index contributed by atoms with van der Waals surface area (Å²) in [6.45, 7) is 5.85. The Morgan fingerprint density at radius 3 is 2.81 bits per heavy atom. The highest BCUT2D eigenvalue weighted by molar-refractivity contribution is 7.89. The predicted octanol–water partition coefficient (Wildman–Crippen LogP) is 2.14. The average molecular weight is 332 g/mol. The van der Waals surface area contributed by atoms with E-state index < -0.39 is 10.0 Å². The number of rotatable bonds is 6. The van der Waals surface area contributed by atoms with Crippen molar-refractivity contribution in [3.8, 4) is 0 Å². The van der Waals surface area contributed by atoms with Crippen LogP contribution in [0.25, 0.3) is 0 Å². The number of likely N-dealkylation sites (tertiary alicyclic amines) is 1. The molecule has 7 heteroatoms. The fraction of sp³-hybridized carbons (Fsp3) is 0.643. The molecule has 1 saturated heterocycles. The Labute approximate surface area is 131 Å². The Morgan fingerprint density at radius 1 is 1.43 bits per heavy atom. The van der Waals surface area contributed by atoms with Crippen LogP contribution >= 0.6 is 11.6 Å². The van der Waals surface area contributed by atoms with Gasteiger partial charge in [-0.1, -0.05) is 18.5 Å². The maximum absolute atomic E-state index is 12.1. The van der Waals surface area contributed by atoms with Crippen LogP contribution in [0.1, 0.15) is 26.2 Å². The predicted molar refractivity (Wildman–Crippen MR) is 83.9 cm³/mol. The summed E-state index contributed by atoms with van der Waals surface area (Å²) in [5, 5.41) is 0.197. The van der Waals surface area contributed by atoms with Crippen LogP contribution in [0, 0.1) is 5.92 Å². The van der Waals surface area contributed by atoms with E-state index in [-0.39, 0.29) is 9.92 Å². The molecule has 1 aliphatic rings. The van der Waals surface area contributed by atoms with E-state index in [9.17, 15) is 8.42 Å². The third-order valence-electron chi connectivity index (χ3n) is 3.84. The van der Waals surface area contributed by atoms with Crippen molar-refractivity contribution in [2.75, 3.05) is 26.2 Å². The third kappa shape index (κ3) is 4.92. The molecule has 0 spiro atoms. The van der Waals surface area contributed by atoms with Crippen LogP contribution in [0.2, 0.25) is 5.02 Å². The van der Waals surface area contributed by atoms with E-state index in [1.807, 2.05) is 0 Å². The van der Waals surface area contributed by atoms with Gasteiger partial charge in [0.2, 0.25) is 10.0 Å². The lowest BCUT2D eigenvalue weighted by Crippen LogP contribution is -2.35. The van der Waals surface area contributed by atoms with Gasteiger partial charge in [-0.25, -0.2) is 13.1 Å². The van der Waals surface area contributed by atoms with Gasteiger partial charge in [0.15, 0.2) is 0 Å². The van der Waals surface area contributed by atoms with E-state index in [1.54, 1.807) is 0 Å². The normalized spacial score (nSPS) is 18.0. The fourth-order valence-corrected chi connectivity index (χ4v) is 3.94. The number of sulfonamides is 1. The van der Waals surface area contributed by atoms with Crippen LogP contribution in [0.5, 0.6) is 0 Å². The molecule has 118 valence electrons. The number of pyridine rings is 1. The van der Waals surface area contributed by atoms with E-state index in [2.05, 4.69) is 21.5 Å². The van der Waals surface area contributed by atoms with E-state index in [1.165, 1.54) is 31.3 Å². The molecule has 0 amide bonds. The summed E-state index contributed by atoms with van der Waals surface area (Å²) in [6.07, 6.45) is 6.01. The maximum atomic E-state index is 12.1. The van der Waals surface area contributed by atoms with Crippen molar-refractivity contribution in [2.45, 2.75) is 31.1 Å². The number of aromatic nitrogens is 1. The standard InChI is InChI=1S/C14H22ClN3O2S/c1-12-4-9-18(10-5-12)8-2-6-17-21(19,20)14-11-16-7-3-13(14)15/h3,7,11-12,17H,2,4-6,8-10H2,1H3. The van der Waals surface area contributed by atoms with E-state index in [0.29, 0.717) is 6.54 Å². The van der Waals surface area contributed by atoms with Crippen molar-refractivity contribution in [1.29, 1.82) is 0 Å². The second-order valence-corrected chi connectivity index (χ2v) is 7.72. The molecule has 1 aliphatic heterocycles. The van der Waals surface area contributed by atoms with Crippen LogP contribution in [0.15, 0.2) is 23.4 Å². The first kappa shape index (κ1) is 16.7. The Balaban J connectivity index is 1.77. The van der Waals surface area contributed by atoms with Crippen molar-refractivity contribution in [3.63, 3.8) is 0 Å². The monoisotopic (exact) mass is 331 g/mol. The molecule has 2 heterocycles. The topological polar surface area (TPSA) is 62.3 Å². The molecule has 0 saturated carbocycles. The zero-order valence-electron chi connectivity index (χ0n) is 12.3. The zero-order valence-corrected chi connectivity index (χ0v) is 13.8. The number of nitrogens with one attached hydrogen (secondary N) is 1. The number of hydrogen-bond donors (Lipinski definition) is 1. The molecule has 0 bridgehead atoms. The summed E-state index contributed by atoms with van der Waals surface area (Å²) in [5.41, 5.74) is 0. The fourth-order valence-electron chi connectivity index (χ4n) is 2.43. The largest absolute Gasteiger partial charge is 0.303 e. The SMILES string of the molecule is CC1CCN(CCCNS(=O)(=O)c2cnccc2Cl)CC1. The molecule has 2 rings (SSSR count). The smallest absolute Gasteiger partial charge is 0.243 e. The summed E-state index contributed by atoms with van der Waals surface area (Å²) < 4.78 is 26.8. The van der Waals surface area contributed by atoms with Crippen LogP contribution in [0.3, 0.4) is 0 Å². The summed E-state index contributed by atoms with van der Waals surface area (Å²) in [5.74, 6) is 0.812. The minimum Gasteiger partial charge on any atom is -0.303 e. The molecule has 0 unspecified atom stereocenters. The van der Waals surface area contributed by atoms with Gasteiger partial charge in [-0.05, 0) is 50.9 Å². The van der Waals surface area contributed by atoms with Gasteiger partial charge in [0.1, 0.15) is 4.90 Å². The highest BCUT2D eigenvalue weighted by Crippen LogP contribution is 2.19. The van der Waals surface area contributed by atoms with E-state index >= 15 is 0 Å².